The molecule has 0 rings (SSSR count). The molecule has 0 fully saturated rings. The zero-order valence-electron chi connectivity index (χ0n) is 8.48. The van der Waals surface area contributed by atoms with Gasteiger partial charge >= 0.3 is 0 Å². The SMILES string of the molecule is CC(Cl)(C=CC(Cl)C(C)(Cl)C=CBr)CBr. The van der Waals surface area contributed by atoms with Crippen molar-refractivity contribution >= 4 is 66.7 Å². The largest absolute Gasteiger partial charge is 0.116 e. The number of rotatable bonds is 5. The molecule has 0 aliphatic rings. The van der Waals surface area contributed by atoms with E-state index in [4.69, 9.17) is 34.8 Å². The summed E-state index contributed by atoms with van der Waals surface area (Å²) in [6, 6.07) is 0. The fourth-order valence-corrected chi connectivity index (χ4v) is 1.98. The van der Waals surface area contributed by atoms with E-state index in [0.717, 1.165) is 0 Å². The average molecular weight is 399 g/mol. The molecule has 3 atom stereocenters. The first-order valence-electron chi connectivity index (χ1n) is 4.30. The molecule has 0 aromatic rings. The molecule has 0 heterocycles. The smallest absolute Gasteiger partial charge is 0.0804 e. The lowest BCUT2D eigenvalue weighted by atomic mass is 10.0. The minimum atomic E-state index is -0.624. The highest BCUT2D eigenvalue weighted by Crippen LogP contribution is 2.29. The van der Waals surface area contributed by atoms with Gasteiger partial charge < -0.3 is 0 Å². The molecule has 0 bridgehead atoms. The van der Waals surface area contributed by atoms with E-state index in [0.29, 0.717) is 5.33 Å². The van der Waals surface area contributed by atoms with Gasteiger partial charge in [0.15, 0.2) is 0 Å². The van der Waals surface area contributed by atoms with Gasteiger partial charge in [-0.25, -0.2) is 0 Å². The molecule has 0 aliphatic carbocycles. The van der Waals surface area contributed by atoms with E-state index in [1.807, 2.05) is 26.0 Å². The second-order valence-electron chi connectivity index (χ2n) is 3.62. The minimum absolute atomic E-state index is 0.315. The summed E-state index contributed by atoms with van der Waals surface area (Å²) in [6.45, 7) is 3.74. The molecular formula is C10H13Br2Cl3. The Morgan fingerprint density at radius 1 is 1.27 bits per heavy atom. The van der Waals surface area contributed by atoms with Crippen LogP contribution in [0.4, 0.5) is 0 Å². The van der Waals surface area contributed by atoms with Crippen molar-refractivity contribution in [1.82, 2.24) is 0 Å². The number of halogens is 5. The highest BCUT2D eigenvalue weighted by Gasteiger charge is 2.26. The maximum atomic E-state index is 6.20. The average Bonchev–Trinajstić information content (AvgIpc) is 2.14. The normalized spacial score (nSPS) is 22.9. The quantitative estimate of drug-likeness (QED) is 0.426. The summed E-state index contributed by atoms with van der Waals surface area (Å²) < 4.78 is 0. The van der Waals surface area contributed by atoms with Crippen molar-refractivity contribution in [3.63, 3.8) is 0 Å². The molecule has 5 heteroatoms. The summed E-state index contributed by atoms with van der Waals surface area (Å²) in [5.74, 6) is 0. The number of hydrogen-bond donors (Lipinski definition) is 0. The fourth-order valence-electron chi connectivity index (χ4n) is 0.733. The Kier molecular flexibility index (Phi) is 7.51. The van der Waals surface area contributed by atoms with Crippen LogP contribution in [0.2, 0.25) is 0 Å². The van der Waals surface area contributed by atoms with Gasteiger partial charge in [0.2, 0.25) is 0 Å². The maximum Gasteiger partial charge on any atom is 0.0804 e. The first-order chi connectivity index (χ1) is 6.75. The van der Waals surface area contributed by atoms with Gasteiger partial charge in [-0.3, -0.25) is 0 Å². The summed E-state index contributed by atoms with van der Waals surface area (Å²) >= 11 is 25.0. The van der Waals surface area contributed by atoms with Gasteiger partial charge in [-0.1, -0.05) is 50.1 Å². The van der Waals surface area contributed by atoms with Crippen molar-refractivity contribution in [2.45, 2.75) is 29.0 Å². The van der Waals surface area contributed by atoms with Gasteiger partial charge in [-0.2, -0.15) is 0 Å². The molecule has 0 radical (unpaired) electrons. The molecule has 0 spiro atoms. The Hall–Kier alpha value is 1.31. The number of alkyl halides is 4. The standard InChI is InChI=1S/C10H13Br2Cl3/c1-9(14,7-12)4-3-8(13)10(2,15)5-6-11/h3-6,8H,7H2,1-2H3. The molecular weight excluding hydrogens is 386 g/mol. The zero-order valence-corrected chi connectivity index (χ0v) is 13.9. The third-order valence-corrected chi connectivity index (χ3v) is 4.89. The fraction of sp³-hybridized carbons (Fsp3) is 0.600. The second-order valence-corrected chi connectivity index (χ2v) is 6.85. The molecule has 0 amide bonds. The van der Waals surface area contributed by atoms with Crippen molar-refractivity contribution in [2.24, 2.45) is 0 Å². The van der Waals surface area contributed by atoms with Crippen LogP contribution in [0.3, 0.4) is 0 Å². The van der Waals surface area contributed by atoms with E-state index in [2.05, 4.69) is 31.9 Å². The van der Waals surface area contributed by atoms with Crippen LogP contribution in [0.25, 0.3) is 0 Å². The van der Waals surface area contributed by atoms with Gasteiger partial charge in [-0.05, 0) is 18.8 Å². The van der Waals surface area contributed by atoms with Gasteiger partial charge in [0.25, 0.3) is 0 Å². The van der Waals surface area contributed by atoms with Crippen LogP contribution in [0.5, 0.6) is 0 Å². The lowest BCUT2D eigenvalue weighted by molar-refractivity contribution is 0.790. The van der Waals surface area contributed by atoms with Crippen LogP contribution in [0, 0.1) is 0 Å². The highest BCUT2D eigenvalue weighted by atomic mass is 79.9. The zero-order chi connectivity index (χ0) is 12.1. The molecule has 0 aromatic carbocycles. The lowest BCUT2D eigenvalue weighted by Gasteiger charge is -2.22. The van der Waals surface area contributed by atoms with E-state index in [1.165, 1.54) is 0 Å². The Bertz CT molecular complexity index is 247. The molecule has 0 nitrogen and oxygen atoms in total. The van der Waals surface area contributed by atoms with E-state index < -0.39 is 9.75 Å². The number of allylic oxidation sites excluding steroid dienone is 3. The van der Waals surface area contributed by atoms with E-state index in [-0.39, 0.29) is 5.38 Å². The molecule has 0 aromatic heterocycles. The van der Waals surface area contributed by atoms with Gasteiger partial charge in [-0.15, -0.1) is 34.8 Å². The van der Waals surface area contributed by atoms with Gasteiger partial charge in [0.05, 0.1) is 15.1 Å². The van der Waals surface area contributed by atoms with Crippen LogP contribution < -0.4 is 0 Å². The van der Waals surface area contributed by atoms with Crippen LogP contribution >= 0.6 is 66.7 Å². The third kappa shape index (κ3) is 6.58. The third-order valence-electron chi connectivity index (χ3n) is 1.80. The summed E-state index contributed by atoms with van der Waals surface area (Å²) in [4.78, 5) is 0.645. The van der Waals surface area contributed by atoms with Crippen molar-refractivity contribution in [1.29, 1.82) is 0 Å². The minimum Gasteiger partial charge on any atom is -0.116 e. The summed E-state index contributed by atoms with van der Waals surface area (Å²) in [5, 5.41) is 0.347. The Morgan fingerprint density at radius 2 is 1.80 bits per heavy atom. The predicted octanol–water partition coefficient (Wildman–Crippen LogP) is 5.45. The van der Waals surface area contributed by atoms with E-state index in [1.54, 1.807) is 11.1 Å². The van der Waals surface area contributed by atoms with Crippen molar-refractivity contribution in [3.8, 4) is 0 Å². The molecule has 15 heavy (non-hydrogen) atoms. The van der Waals surface area contributed by atoms with Crippen molar-refractivity contribution in [2.75, 3.05) is 5.33 Å². The molecule has 0 N–H and O–H groups in total. The highest BCUT2D eigenvalue weighted by molar-refractivity contribution is 9.11. The van der Waals surface area contributed by atoms with E-state index >= 15 is 0 Å². The van der Waals surface area contributed by atoms with Crippen LogP contribution in [0.1, 0.15) is 13.8 Å². The second kappa shape index (κ2) is 6.90. The van der Waals surface area contributed by atoms with Crippen LogP contribution in [0.15, 0.2) is 23.2 Å². The Morgan fingerprint density at radius 3 is 2.20 bits per heavy atom. The predicted molar refractivity (Wildman–Crippen MR) is 79.2 cm³/mol. The molecule has 88 valence electrons. The van der Waals surface area contributed by atoms with Crippen molar-refractivity contribution in [3.05, 3.63) is 23.2 Å². The summed E-state index contributed by atoms with van der Waals surface area (Å²) in [5.41, 5.74) is 0. The maximum absolute atomic E-state index is 6.20. The topological polar surface area (TPSA) is 0 Å². The number of hydrogen-bond acceptors (Lipinski definition) is 0. The first-order valence-corrected chi connectivity index (χ1v) is 7.53. The van der Waals surface area contributed by atoms with Crippen LogP contribution in [-0.2, 0) is 0 Å². The molecule has 0 saturated heterocycles. The van der Waals surface area contributed by atoms with Gasteiger partial charge in [0.1, 0.15) is 0 Å². The summed E-state index contributed by atoms with van der Waals surface area (Å²) in [6.07, 6.45) is 5.45. The first kappa shape index (κ1) is 16.3. The Labute approximate surface area is 123 Å². The monoisotopic (exact) mass is 396 g/mol. The van der Waals surface area contributed by atoms with E-state index in [9.17, 15) is 0 Å². The molecule has 0 saturated carbocycles. The van der Waals surface area contributed by atoms with Crippen LogP contribution in [-0.4, -0.2) is 20.5 Å². The van der Waals surface area contributed by atoms with Crippen molar-refractivity contribution < 1.29 is 0 Å². The summed E-state index contributed by atoms with van der Waals surface area (Å²) in [7, 11) is 0. The molecule has 3 unspecified atom stereocenters. The molecule has 0 aliphatic heterocycles. The van der Waals surface area contributed by atoms with Gasteiger partial charge in [0, 0.05) is 5.33 Å². The Balaban J connectivity index is 4.55. The lowest BCUT2D eigenvalue weighted by Crippen LogP contribution is -2.26.